The number of hydrogen-bond acceptors (Lipinski definition) is 2. The van der Waals surface area contributed by atoms with E-state index in [2.05, 4.69) is 0 Å². The largest absolute Gasteiger partial charge is 0.489 e. The van der Waals surface area contributed by atoms with Crippen molar-refractivity contribution in [2.24, 2.45) is 0 Å². The van der Waals surface area contributed by atoms with E-state index in [1.165, 1.54) is 4.90 Å². The van der Waals surface area contributed by atoms with E-state index < -0.39 is 0 Å². The highest BCUT2D eigenvalue weighted by Crippen LogP contribution is 2.15. The van der Waals surface area contributed by atoms with E-state index in [1.54, 1.807) is 26.2 Å². The van der Waals surface area contributed by atoms with Crippen molar-refractivity contribution in [3.63, 3.8) is 0 Å². The topological polar surface area (TPSA) is 29.5 Å². The van der Waals surface area contributed by atoms with Gasteiger partial charge in [-0.15, -0.1) is 0 Å². The molecule has 0 aliphatic rings. The summed E-state index contributed by atoms with van der Waals surface area (Å²) in [6.45, 7) is 0.551. The van der Waals surface area contributed by atoms with Crippen LogP contribution in [0.3, 0.4) is 0 Å². The summed E-state index contributed by atoms with van der Waals surface area (Å²) >= 11 is 0. The molecule has 0 aliphatic heterocycles. The second kappa shape index (κ2) is 7.29. The summed E-state index contributed by atoms with van der Waals surface area (Å²) in [6, 6.07) is 17.7. The average molecular weight is 281 g/mol. The molecule has 1 amide bonds. The van der Waals surface area contributed by atoms with Crippen LogP contribution in [0.2, 0.25) is 0 Å². The minimum Gasteiger partial charge on any atom is -0.489 e. The van der Waals surface area contributed by atoms with Crippen molar-refractivity contribution in [3.05, 3.63) is 71.8 Å². The molecular weight excluding hydrogens is 262 g/mol. The van der Waals surface area contributed by atoms with Crippen LogP contribution in [0, 0.1) is 0 Å². The Morgan fingerprint density at radius 2 is 1.71 bits per heavy atom. The summed E-state index contributed by atoms with van der Waals surface area (Å²) in [4.78, 5) is 13.0. The number of likely N-dealkylation sites (N-methyl/N-ethyl adjacent to an activating group) is 1. The lowest BCUT2D eigenvalue weighted by molar-refractivity contribution is -0.123. The van der Waals surface area contributed by atoms with E-state index in [9.17, 15) is 4.79 Å². The molecule has 0 fully saturated rings. The van der Waals surface area contributed by atoms with Crippen LogP contribution in [0.4, 0.5) is 0 Å². The van der Waals surface area contributed by atoms with Gasteiger partial charge in [-0.2, -0.15) is 0 Å². The Morgan fingerprint density at radius 3 is 2.33 bits per heavy atom. The molecule has 0 aromatic heterocycles. The molecule has 0 spiro atoms. The van der Waals surface area contributed by atoms with E-state index in [-0.39, 0.29) is 5.91 Å². The first-order valence-corrected chi connectivity index (χ1v) is 6.81. The van der Waals surface area contributed by atoms with Crippen LogP contribution < -0.4 is 4.74 Å². The highest BCUT2D eigenvalue weighted by Gasteiger charge is 1.98. The minimum absolute atomic E-state index is 0.0283. The van der Waals surface area contributed by atoms with Gasteiger partial charge in [0.25, 0.3) is 0 Å². The SMILES string of the molecule is CN(C)C(=O)/C=C/c1ccc(OCc2ccccc2)cc1. The van der Waals surface area contributed by atoms with Gasteiger partial charge in [-0.1, -0.05) is 42.5 Å². The number of ether oxygens (including phenoxy) is 1. The fraction of sp³-hybridized carbons (Fsp3) is 0.167. The van der Waals surface area contributed by atoms with E-state index in [0.717, 1.165) is 16.9 Å². The second-order valence-electron chi connectivity index (χ2n) is 4.91. The fourth-order valence-corrected chi connectivity index (χ4v) is 1.73. The molecule has 0 atom stereocenters. The number of benzene rings is 2. The van der Waals surface area contributed by atoms with Gasteiger partial charge in [-0.3, -0.25) is 4.79 Å². The molecule has 0 aliphatic carbocycles. The fourth-order valence-electron chi connectivity index (χ4n) is 1.73. The molecule has 21 heavy (non-hydrogen) atoms. The number of hydrogen-bond donors (Lipinski definition) is 0. The summed E-state index contributed by atoms with van der Waals surface area (Å²) in [6.07, 6.45) is 3.35. The highest BCUT2D eigenvalue weighted by atomic mass is 16.5. The molecule has 0 bridgehead atoms. The Balaban J connectivity index is 1.91. The van der Waals surface area contributed by atoms with Gasteiger partial charge in [0.1, 0.15) is 12.4 Å². The molecule has 108 valence electrons. The predicted molar refractivity (Wildman–Crippen MR) is 84.9 cm³/mol. The standard InChI is InChI=1S/C18H19NO2/c1-19(2)18(20)13-10-15-8-11-17(12-9-15)21-14-16-6-4-3-5-7-16/h3-13H,14H2,1-2H3/b13-10+. The number of carbonyl (C=O) groups excluding carboxylic acids is 1. The van der Waals surface area contributed by atoms with Crippen molar-refractivity contribution in [2.75, 3.05) is 14.1 Å². The number of amides is 1. The first-order valence-electron chi connectivity index (χ1n) is 6.81. The summed E-state index contributed by atoms with van der Waals surface area (Å²) in [5.74, 6) is 0.786. The summed E-state index contributed by atoms with van der Waals surface area (Å²) in [7, 11) is 3.46. The molecule has 2 aromatic rings. The van der Waals surface area contributed by atoms with Gasteiger partial charge >= 0.3 is 0 Å². The zero-order valence-corrected chi connectivity index (χ0v) is 12.3. The number of rotatable bonds is 5. The second-order valence-corrected chi connectivity index (χ2v) is 4.91. The molecule has 0 saturated carbocycles. The maximum atomic E-state index is 11.5. The number of carbonyl (C=O) groups is 1. The zero-order valence-electron chi connectivity index (χ0n) is 12.3. The monoisotopic (exact) mass is 281 g/mol. The molecule has 3 nitrogen and oxygen atoms in total. The van der Waals surface area contributed by atoms with Crippen molar-refractivity contribution in [1.82, 2.24) is 4.90 Å². The smallest absolute Gasteiger partial charge is 0.246 e. The molecule has 0 radical (unpaired) electrons. The van der Waals surface area contributed by atoms with Crippen LogP contribution in [0.15, 0.2) is 60.7 Å². The van der Waals surface area contributed by atoms with Gasteiger partial charge in [-0.05, 0) is 29.3 Å². The Hall–Kier alpha value is -2.55. The lowest BCUT2D eigenvalue weighted by atomic mass is 10.2. The van der Waals surface area contributed by atoms with Crippen LogP contribution in [-0.4, -0.2) is 24.9 Å². The average Bonchev–Trinajstić information content (AvgIpc) is 2.52. The highest BCUT2D eigenvalue weighted by molar-refractivity contribution is 5.91. The lowest BCUT2D eigenvalue weighted by Crippen LogP contribution is -2.18. The molecule has 0 saturated heterocycles. The van der Waals surface area contributed by atoms with E-state index in [4.69, 9.17) is 4.74 Å². The predicted octanol–water partition coefficient (Wildman–Crippen LogP) is 3.37. The third-order valence-corrected chi connectivity index (χ3v) is 2.99. The van der Waals surface area contributed by atoms with Gasteiger partial charge in [0.15, 0.2) is 0 Å². The van der Waals surface area contributed by atoms with Gasteiger partial charge < -0.3 is 9.64 Å². The van der Waals surface area contributed by atoms with E-state index in [1.807, 2.05) is 54.6 Å². The Labute approximate surface area is 125 Å². The van der Waals surface area contributed by atoms with E-state index >= 15 is 0 Å². The third-order valence-electron chi connectivity index (χ3n) is 2.99. The van der Waals surface area contributed by atoms with Crippen molar-refractivity contribution in [1.29, 1.82) is 0 Å². The van der Waals surface area contributed by atoms with Crippen LogP contribution in [0.1, 0.15) is 11.1 Å². The molecular formula is C18H19NO2. The Bertz CT molecular complexity index is 601. The lowest BCUT2D eigenvalue weighted by Gasteiger charge is -2.07. The van der Waals surface area contributed by atoms with Gasteiger partial charge in [0.05, 0.1) is 0 Å². The van der Waals surface area contributed by atoms with Gasteiger partial charge in [0, 0.05) is 20.2 Å². The zero-order chi connectivity index (χ0) is 15.1. The van der Waals surface area contributed by atoms with Crippen molar-refractivity contribution in [2.45, 2.75) is 6.61 Å². The quantitative estimate of drug-likeness (QED) is 0.786. The van der Waals surface area contributed by atoms with Crippen LogP contribution >= 0.6 is 0 Å². The van der Waals surface area contributed by atoms with Gasteiger partial charge in [0.2, 0.25) is 5.91 Å². The molecule has 3 heteroatoms. The van der Waals surface area contributed by atoms with E-state index in [0.29, 0.717) is 6.61 Å². The molecule has 2 aromatic carbocycles. The summed E-state index contributed by atoms with van der Waals surface area (Å²) in [5.41, 5.74) is 2.11. The maximum absolute atomic E-state index is 11.5. The molecule has 2 rings (SSSR count). The number of nitrogens with zero attached hydrogens (tertiary/aromatic N) is 1. The molecule has 0 N–H and O–H groups in total. The first kappa shape index (κ1) is 14.9. The first-order chi connectivity index (χ1) is 10.1. The van der Waals surface area contributed by atoms with Crippen molar-refractivity contribution < 1.29 is 9.53 Å². The summed E-state index contributed by atoms with van der Waals surface area (Å²) < 4.78 is 5.71. The van der Waals surface area contributed by atoms with Crippen LogP contribution in [0.5, 0.6) is 5.75 Å². The molecule has 0 unspecified atom stereocenters. The summed E-state index contributed by atoms with van der Waals surface area (Å²) in [5, 5.41) is 0. The van der Waals surface area contributed by atoms with Gasteiger partial charge in [-0.25, -0.2) is 0 Å². The minimum atomic E-state index is -0.0283. The maximum Gasteiger partial charge on any atom is 0.246 e. The molecule has 0 heterocycles. The Morgan fingerprint density at radius 1 is 1.05 bits per heavy atom. The third kappa shape index (κ3) is 4.80. The normalized spacial score (nSPS) is 10.6. The van der Waals surface area contributed by atoms with Crippen molar-refractivity contribution >= 4 is 12.0 Å². The Kier molecular flexibility index (Phi) is 5.16. The van der Waals surface area contributed by atoms with Crippen LogP contribution in [0.25, 0.3) is 6.08 Å². The van der Waals surface area contributed by atoms with Crippen LogP contribution in [-0.2, 0) is 11.4 Å². The van der Waals surface area contributed by atoms with Crippen molar-refractivity contribution in [3.8, 4) is 5.75 Å².